The zero-order valence-electron chi connectivity index (χ0n) is 9.39. The van der Waals surface area contributed by atoms with E-state index in [-0.39, 0.29) is 0 Å². The molecule has 1 atom stereocenters. The maximum atomic E-state index is 9.51. The fourth-order valence-corrected chi connectivity index (χ4v) is 3.54. The Hall–Kier alpha value is -0.480. The summed E-state index contributed by atoms with van der Waals surface area (Å²) in [5, 5.41) is 9.51. The molecule has 17 heavy (non-hydrogen) atoms. The lowest BCUT2D eigenvalue weighted by molar-refractivity contribution is 0.199. The molecule has 2 aromatic rings. The number of thioether (sulfide) groups is 1. The Kier molecular flexibility index (Phi) is 4.51. The molecule has 0 amide bonds. The van der Waals surface area contributed by atoms with E-state index >= 15 is 0 Å². The van der Waals surface area contributed by atoms with E-state index in [2.05, 4.69) is 12.1 Å². The average molecular weight is 285 g/mol. The van der Waals surface area contributed by atoms with Gasteiger partial charge in [-0.15, -0.1) is 23.1 Å². The number of benzene rings is 1. The number of hydrogen-bond donors (Lipinski definition) is 1. The minimum atomic E-state index is -0.410. The highest BCUT2D eigenvalue weighted by molar-refractivity contribution is 7.98. The molecule has 0 fully saturated rings. The summed E-state index contributed by atoms with van der Waals surface area (Å²) in [7, 11) is 0. The van der Waals surface area contributed by atoms with Crippen LogP contribution in [0.5, 0.6) is 0 Å². The molecule has 90 valence electrons. The van der Waals surface area contributed by atoms with Crippen molar-refractivity contribution in [3.8, 4) is 0 Å². The predicted molar refractivity (Wildman–Crippen MR) is 76.0 cm³/mol. The van der Waals surface area contributed by atoms with E-state index in [0.29, 0.717) is 0 Å². The van der Waals surface area contributed by atoms with Gasteiger partial charge in [-0.05, 0) is 36.8 Å². The predicted octanol–water partition coefficient (Wildman–Crippen LogP) is 4.75. The molecule has 0 spiro atoms. The van der Waals surface area contributed by atoms with Gasteiger partial charge in [0.15, 0.2) is 0 Å². The van der Waals surface area contributed by atoms with Gasteiger partial charge in [0.25, 0.3) is 0 Å². The van der Waals surface area contributed by atoms with E-state index in [1.807, 2.05) is 24.3 Å². The summed E-state index contributed by atoms with van der Waals surface area (Å²) < 4.78 is 0.832. The van der Waals surface area contributed by atoms with Crippen molar-refractivity contribution in [3.63, 3.8) is 0 Å². The van der Waals surface area contributed by atoms with E-state index in [9.17, 15) is 5.11 Å². The zero-order valence-corrected chi connectivity index (χ0v) is 11.8. The number of aliphatic hydroxyl groups excluding tert-OH is 1. The average Bonchev–Trinajstić information content (AvgIpc) is 2.73. The van der Waals surface area contributed by atoms with Crippen molar-refractivity contribution in [1.29, 1.82) is 0 Å². The lowest BCUT2D eigenvalue weighted by Crippen LogP contribution is -1.90. The van der Waals surface area contributed by atoms with Crippen LogP contribution in [0.2, 0.25) is 4.34 Å². The largest absolute Gasteiger partial charge is 0.389 e. The monoisotopic (exact) mass is 284 g/mol. The Balaban J connectivity index is 2.01. The highest BCUT2D eigenvalue weighted by Gasteiger charge is 2.03. The van der Waals surface area contributed by atoms with Crippen LogP contribution in [0.1, 0.15) is 23.5 Å². The summed E-state index contributed by atoms with van der Waals surface area (Å²) >= 11 is 9.26. The van der Waals surface area contributed by atoms with Crippen LogP contribution < -0.4 is 0 Å². The van der Waals surface area contributed by atoms with Crippen LogP contribution in [0.15, 0.2) is 41.3 Å². The molecular formula is C13H13ClOS2. The topological polar surface area (TPSA) is 20.2 Å². The van der Waals surface area contributed by atoms with Crippen LogP contribution >= 0.6 is 34.7 Å². The highest BCUT2D eigenvalue weighted by Crippen LogP contribution is 2.30. The van der Waals surface area contributed by atoms with Crippen LogP contribution in [0.4, 0.5) is 0 Å². The Labute approximate surface area is 114 Å². The molecule has 1 heterocycles. The molecule has 0 aliphatic heterocycles. The third-order valence-electron chi connectivity index (χ3n) is 2.35. The van der Waals surface area contributed by atoms with Crippen LogP contribution in [-0.2, 0) is 5.75 Å². The minimum absolute atomic E-state index is 0.410. The van der Waals surface area contributed by atoms with Gasteiger partial charge in [-0.2, -0.15) is 0 Å². The van der Waals surface area contributed by atoms with E-state index in [1.54, 1.807) is 30.0 Å². The van der Waals surface area contributed by atoms with Crippen LogP contribution in [0.25, 0.3) is 0 Å². The van der Waals surface area contributed by atoms with Gasteiger partial charge in [0, 0.05) is 15.5 Å². The number of thiophene rings is 1. The molecule has 1 aromatic carbocycles. The summed E-state index contributed by atoms with van der Waals surface area (Å²) in [6.07, 6.45) is -0.410. The van der Waals surface area contributed by atoms with E-state index in [1.165, 1.54) is 9.77 Å². The van der Waals surface area contributed by atoms with Gasteiger partial charge >= 0.3 is 0 Å². The SMILES string of the molecule is CC(O)c1cccc(SCc2ccc(Cl)s2)c1. The fourth-order valence-electron chi connectivity index (χ4n) is 1.45. The number of halogens is 1. The van der Waals surface area contributed by atoms with Crippen molar-refractivity contribution in [2.75, 3.05) is 0 Å². The molecule has 1 N–H and O–H groups in total. The molecule has 1 aromatic heterocycles. The zero-order chi connectivity index (χ0) is 12.3. The van der Waals surface area contributed by atoms with Gasteiger partial charge in [0.05, 0.1) is 10.4 Å². The molecule has 0 radical (unpaired) electrons. The van der Waals surface area contributed by atoms with Crippen LogP contribution in [0.3, 0.4) is 0 Å². The Morgan fingerprint density at radius 3 is 2.82 bits per heavy atom. The van der Waals surface area contributed by atoms with Gasteiger partial charge in [0.1, 0.15) is 0 Å². The normalized spacial score (nSPS) is 12.6. The van der Waals surface area contributed by atoms with Crippen molar-refractivity contribution in [3.05, 3.63) is 51.2 Å². The van der Waals surface area contributed by atoms with E-state index < -0.39 is 6.10 Å². The third kappa shape index (κ3) is 3.75. The summed E-state index contributed by atoms with van der Waals surface area (Å²) in [6.45, 7) is 1.78. The van der Waals surface area contributed by atoms with Gasteiger partial charge < -0.3 is 5.11 Å². The lowest BCUT2D eigenvalue weighted by Gasteiger charge is -2.06. The molecule has 0 saturated heterocycles. The fraction of sp³-hybridized carbons (Fsp3) is 0.231. The molecule has 0 aliphatic rings. The molecule has 2 rings (SSSR count). The van der Waals surface area contributed by atoms with Gasteiger partial charge in [-0.3, -0.25) is 0 Å². The van der Waals surface area contributed by atoms with Crippen molar-refractivity contribution in [2.24, 2.45) is 0 Å². The summed E-state index contributed by atoms with van der Waals surface area (Å²) in [4.78, 5) is 2.44. The quantitative estimate of drug-likeness (QED) is 0.818. The third-order valence-corrected chi connectivity index (χ3v) is 4.81. The second kappa shape index (κ2) is 5.91. The maximum Gasteiger partial charge on any atom is 0.0931 e. The number of hydrogen-bond acceptors (Lipinski definition) is 3. The van der Waals surface area contributed by atoms with Crippen molar-refractivity contribution in [1.82, 2.24) is 0 Å². The Morgan fingerprint density at radius 1 is 1.35 bits per heavy atom. The first kappa shape index (κ1) is 13.0. The van der Waals surface area contributed by atoms with Crippen LogP contribution in [0, 0.1) is 0 Å². The molecule has 1 nitrogen and oxygen atoms in total. The summed E-state index contributed by atoms with van der Waals surface area (Å²) in [5.41, 5.74) is 0.958. The number of aliphatic hydroxyl groups is 1. The standard InChI is InChI=1S/C13H13ClOS2/c1-9(15)10-3-2-4-11(7-10)16-8-12-5-6-13(14)17-12/h2-7,9,15H,8H2,1H3. The second-order valence-electron chi connectivity index (χ2n) is 3.74. The molecule has 0 aliphatic carbocycles. The van der Waals surface area contributed by atoms with Gasteiger partial charge in [-0.25, -0.2) is 0 Å². The van der Waals surface area contributed by atoms with E-state index in [0.717, 1.165) is 15.7 Å². The first-order valence-corrected chi connectivity index (χ1v) is 7.48. The molecule has 0 saturated carbocycles. The maximum absolute atomic E-state index is 9.51. The van der Waals surface area contributed by atoms with Crippen molar-refractivity contribution in [2.45, 2.75) is 23.7 Å². The summed E-state index contributed by atoms with van der Waals surface area (Å²) in [6, 6.07) is 12.0. The Morgan fingerprint density at radius 2 is 2.18 bits per heavy atom. The second-order valence-corrected chi connectivity index (χ2v) is 6.59. The van der Waals surface area contributed by atoms with E-state index in [4.69, 9.17) is 11.6 Å². The first-order chi connectivity index (χ1) is 8.15. The molecule has 1 unspecified atom stereocenters. The first-order valence-electron chi connectivity index (χ1n) is 5.30. The minimum Gasteiger partial charge on any atom is -0.389 e. The molecule has 0 bridgehead atoms. The molecule has 4 heteroatoms. The smallest absolute Gasteiger partial charge is 0.0931 e. The number of rotatable bonds is 4. The van der Waals surface area contributed by atoms with Gasteiger partial charge in [0.2, 0.25) is 0 Å². The lowest BCUT2D eigenvalue weighted by atomic mass is 10.1. The van der Waals surface area contributed by atoms with Crippen LogP contribution in [-0.4, -0.2) is 5.11 Å². The Bertz CT molecular complexity index is 494. The molecular weight excluding hydrogens is 272 g/mol. The van der Waals surface area contributed by atoms with Crippen molar-refractivity contribution < 1.29 is 5.11 Å². The van der Waals surface area contributed by atoms with Gasteiger partial charge in [-0.1, -0.05) is 23.7 Å². The highest BCUT2D eigenvalue weighted by atomic mass is 35.5. The van der Waals surface area contributed by atoms with Crippen molar-refractivity contribution >= 4 is 34.7 Å². The summed E-state index contributed by atoms with van der Waals surface area (Å²) in [5.74, 6) is 0.917.